The zero-order chi connectivity index (χ0) is 37.1. The number of nitrogens with zero attached hydrogens (tertiary/aromatic N) is 2. The first-order chi connectivity index (χ1) is 25.1. The summed E-state index contributed by atoms with van der Waals surface area (Å²) in [4.78, 5) is 70.4. The SMILES string of the molecule is CCN1CC(=O)N(C)CC(=O)N[C@H](Cc2ccccc2)COc2ccccc2C(=O)N[C@H](C(=O)NCC2(c3cccc(F)c3)CCOCC2)CC1=O. The summed E-state index contributed by atoms with van der Waals surface area (Å²) in [5.41, 5.74) is 1.16. The third kappa shape index (κ3) is 9.93. The lowest BCUT2D eigenvalue weighted by atomic mass is 9.74. The molecule has 0 saturated carbocycles. The van der Waals surface area contributed by atoms with Crippen LogP contribution >= 0.6 is 0 Å². The monoisotopic (exact) mass is 715 g/mol. The Kier molecular flexibility index (Phi) is 13.0. The lowest BCUT2D eigenvalue weighted by molar-refractivity contribution is -0.142. The molecule has 276 valence electrons. The lowest BCUT2D eigenvalue weighted by Crippen LogP contribution is -2.53. The maximum atomic E-state index is 14.3. The first kappa shape index (κ1) is 37.9. The number of hydrogen-bond donors (Lipinski definition) is 3. The number of ether oxygens (including phenoxy) is 2. The van der Waals surface area contributed by atoms with Gasteiger partial charge in [0.2, 0.25) is 23.6 Å². The average molecular weight is 716 g/mol. The molecular formula is C39H46FN5O7. The molecule has 3 N–H and O–H groups in total. The van der Waals surface area contributed by atoms with Gasteiger partial charge in [-0.15, -0.1) is 0 Å². The van der Waals surface area contributed by atoms with E-state index in [0.29, 0.717) is 32.5 Å². The van der Waals surface area contributed by atoms with Gasteiger partial charge in [0.05, 0.1) is 31.1 Å². The molecule has 0 bridgehead atoms. The van der Waals surface area contributed by atoms with E-state index in [9.17, 15) is 28.4 Å². The Hall–Kier alpha value is -5.30. The molecule has 13 heteroatoms. The van der Waals surface area contributed by atoms with Crippen molar-refractivity contribution in [3.05, 3.63) is 101 Å². The minimum Gasteiger partial charge on any atom is -0.491 e. The summed E-state index contributed by atoms with van der Waals surface area (Å²) in [5, 5.41) is 8.62. The number of hydrogen-bond acceptors (Lipinski definition) is 7. The molecule has 5 rings (SSSR count). The fraction of sp³-hybridized carbons (Fsp3) is 0.410. The molecule has 2 heterocycles. The normalized spacial score (nSPS) is 20.5. The fourth-order valence-electron chi connectivity index (χ4n) is 6.53. The number of carbonyl (C=O) groups excluding carboxylic acids is 5. The summed E-state index contributed by atoms with van der Waals surface area (Å²) in [5.74, 6) is -2.87. The van der Waals surface area contributed by atoms with Crippen LogP contribution in [0.1, 0.15) is 47.7 Å². The van der Waals surface area contributed by atoms with Gasteiger partial charge in [0, 0.05) is 38.8 Å². The van der Waals surface area contributed by atoms with Crippen LogP contribution in [0.2, 0.25) is 0 Å². The molecule has 2 aliphatic rings. The Morgan fingerprint density at radius 2 is 1.65 bits per heavy atom. The predicted octanol–water partition coefficient (Wildman–Crippen LogP) is 2.61. The van der Waals surface area contributed by atoms with E-state index in [1.54, 1.807) is 37.3 Å². The second-order valence-corrected chi connectivity index (χ2v) is 13.3. The Morgan fingerprint density at radius 1 is 0.923 bits per heavy atom. The van der Waals surface area contributed by atoms with E-state index in [0.717, 1.165) is 11.1 Å². The van der Waals surface area contributed by atoms with Gasteiger partial charge in [-0.25, -0.2) is 4.39 Å². The van der Waals surface area contributed by atoms with Gasteiger partial charge in [-0.3, -0.25) is 24.0 Å². The highest BCUT2D eigenvalue weighted by molar-refractivity contribution is 6.01. The van der Waals surface area contributed by atoms with Crippen LogP contribution in [0.15, 0.2) is 78.9 Å². The van der Waals surface area contributed by atoms with E-state index in [1.165, 1.54) is 29.0 Å². The van der Waals surface area contributed by atoms with Gasteiger partial charge in [0.25, 0.3) is 5.91 Å². The summed E-state index contributed by atoms with van der Waals surface area (Å²) in [6, 6.07) is 20.4. The van der Waals surface area contributed by atoms with Gasteiger partial charge < -0.3 is 35.2 Å². The topological polar surface area (TPSA) is 146 Å². The molecule has 3 aromatic carbocycles. The first-order valence-corrected chi connectivity index (χ1v) is 17.6. The van der Waals surface area contributed by atoms with Crippen molar-refractivity contribution in [2.45, 2.75) is 50.1 Å². The molecule has 1 fully saturated rings. The largest absolute Gasteiger partial charge is 0.491 e. The molecule has 0 radical (unpaired) electrons. The average Bonchev–Trinajstić information content (AvgIpc) is 3.15. The summed E-state index contributed by atoms with van der Waals surface area (Å²) < 4.78 is 26.1. The van der Waals surface area contributed by atoms with E-state index < -0.39 is 59.3 Å². The van der Waals surface area contributed by atoms with Crippen molar-refractivity contribution in [2.75, 3.05) is 53.0 Å². The Labute approximate surface area is 303 Å². The maximum Gasteiger partial charge on any atom is 0.255 e. The number of halogens is 1. The molecular weight excluding hydrogens is 669 g/mol. The first-order valence-electron chi connectivity index (χ1n) is 17.6. The summed E-state index contributed by atoms with van der Waals surface area (Å²) in [7, 11) is 1.48. The van der Waals surface area contributed by atoms with Crippen molar-refractivity contribution < 1.29 is 37.8 Å². The summed E-state index contributed by atoms with van der Waals surface area (Å²) >= 11 is 0. The predicted molar refractivity (Wildman–Crippen MR) is 191 cm³/mol. The Bertz CT molecular complexity index is 1730. The number of nitrogens with one attached hydrogen (secondary N) is 3. The van der Waals surface area contributed by atoms with E-state index in [-0.39, 0.29) is 44.1 Å². The molecule has 2 atom stereocenters. The van der Waals surface area contributed by atoms with E-state index in [1.807, 2.05) is 36.4 Å². The van der Waals surface area contributed by atoms with Crippen LogP contribution in [-0.4, -0.2) is 104 Å². The Morgan fingerprint density at radius 3 is 2.38 bits per heavy atom. The highest BCUT2D eigenvalue weighted by atomic mass is 19.1. The number of benzene rings is 3. The van der Waals surface area contributed by atoms with Crippen LogP contribution in [0.5, 0.6) is 5.75 Å². The molecule has 5 amide bonds. The highest BCUT2D eigenvalue weighted by Gasteiger charge is 2.37. The third-order valence-electron chi connectivity index (χ3n) is 9.62. The maximum absolute atomic E-state index is 14.3. The second-order valence-electron chi connectivity index (χ2n) is 13.3. The third-order valence-corrected chi connectivity index (χ3v) is 9.62. The lowest BCUT2D eigenvalue weighted by Gasteiger charge is -2.38. The highest BCUT2D eigenvalue weighted by Crippen LogP contribution is 2.34. The number of carbonyl (C=O) groups is 5. The van der Waals surface area contributed by atoms with Crippen molar-refractivity contribution >= 4 is 29.5 Å². The van der Waals surface area contributed by atoms with Crippen LogP contribution < -0.4 is 20.7 Å². The fourth-order valence-corrected chi connectivity index (χ4v) is 6.53. The van der Waals surface area contributed by atoms with Gasteiger partial charge in [0.15, 0.2) is 0 Å². The molecule has 0 unspecified atom stereocenters. The van der Waals surface area contributed by atoms with Crippen molar-refractivity contribution in [1.82, 2.24) is 25.8 Å². The molecule has 52 heavy (non-hydrogen) atoms. The zero-order valence-electron chi connectivity index (χ0n) is 29.6. The van der Waals surface area contributed by atoms with Crippen LogP contribution in [0, 0.1) is 5.82 Å². The van der Waals surface area contributed by atoms with Gasteiger partial charge >= 0.3 is 0 Å². The van der Waals surface area contributed by atoms with E-state index in [2.05, 4.69) is 16.0 Å². The minimum atomic E-state index is -1.33. The van der Waals surface area contributed by atoms with E-state index in [4.69, 9.17) is 9.47 Å². The number of likely N-dealkylation sites (N-methyl/N-ethyl adjacent to an activating group) is 2. The molecule has 0 aromatic heterocycles. The van der Waals surface area contributed by atoms with Gasteiger partial charge in [0.1, 0.15) is 24.2 Å². The summed E-state index contributed by atoms with van der Waals surface area (Å²) in [6.45, 7) is 2.21. The quantitative estimate of drug-likeness (QED) is 0.341. The van der Waals surface area contributed by atoms with Crippen LogP contribution in [-0.2, 0) is 35.8 Å². The molecule has 2 aliphatic heterocycles. The summed E-state index contributed by atoms with van der Waals surface area (Å²) in [6.07, 6.45) is 1.03. The van der Waals surface area contributed by atoms with Crippen molar-refractivity contribution in [1.29, 1.82) is 0 Å². The smallest absolute Gasteiger partial charge is 0.255 e. The molecule has 12 nitrogen and oxygen atoms in total. The van der Waals surface area contributed by atoms with Crippen LogP contribution in [0.3, 0.4) is 0 Å². The Balaban J connectivity index is 1.43. The van der Waals surface area contributed by atoms with Crippen LogP contribution in [0.25, 0.3) is 0 Å². The number of rotatable bonds is 7. The molecule has 1 saturated heterocycles. The zero-order valence-corrected chi connectivity index (χ0v) is 29.6. The van der Waals surface area contributed by atoms with Gasteiger partial charge in [-0.05, 0) is 61.6 Å². The minimum absolute atomic E-state index is 0.000475. The van der Waals surface area contributed by atoms with Crippen LogP contribution in [0.4, 0.5) is 4.39 Å². The van der Waals surface area contributed by atoms with Crippen molar-refractivity contribution in [2.24, 2.45) is 0 Å². The standard InChI is InChI=1S/C39H46FN5O7/c1-3-45-24-36(48)44(2)23-34(46)42-30(20-27-10-5-4-6-11-27)25-52-33-15-8-7-14-31(33)37(49)43-32(22-35(45)47)38(50)41-26-39(16-18-51-19-17-39)28-12-9-13-29(40)21-28/h4-15,21,30,32H,3,16-20,22-26H2,1-2H3,(H,41,50)(H,42,46)(H,43,49)/t30-,32+/m1/s1. The number of fused-ring (bicyclic) bond motifs is 1. The number of amides is 5. The molecule has 0 aliphatic carbocycles. The molecule has 0 spiro atoms. The van der Waals surface area contributed by atoms with Gasteiger partial charge in [-0.2, -0.15) is 0 Å². The number of para-hydroxylation sites is 1. The second kappa shape index (κ2) is 17.8. The van der Waals surface area contributed by atoms with Gasteiger partial charge in [-0.1, -0.05) is 54.6 Å². The molecule has 3 aromatic rings. The van der Waals surface area contributed by atoms with Crippen molar-refractivity contribution in [3.8, 4) is 5.75 Å². The van der Waals surface area contributed by atoms with E-state index >= 15 is 0 Å². The van der Waals surface area contributed by atoms with Crippen molar-refractivity contribution in [3.63, 3.8) is 0 Å².